The Morgan fingerprint density at radius 3 is 2.39 bits per heavy atom. The van der Waals surface area contributed by atoms with E-state index in [1.54, 1.807) is 0 Å². The van der Waals surface area contributed by atoms with Gasteiger partial charge >= 0.3 is 6.09 Å². The number of hydrogen-bond donors (Lipinski definition) is 2. The van der Waals surface area contributed by atoms with E-state index < -0.39 is 5.60 Å². The van der Waals surface area contributed by atoms with Crippen molar-refractivity contribution in [1.82, 2.24) is 5.32 Å². The molecule has 0 spiro atoms. The van der Waals surface area contributed by atoms with Crippen molar-refractivity contribution >= 4 is 6.09 Å². The van der Waals surface area contributed by atoms with Crippen LogP contribution in [-0.4, -0.2) is 23.8 Å². The third kappa shape index (κ3) is 4.48. The van der Waals surface area contributed by atoms with E-state index in [9.17, 15) is 4.79 Å². The molecule has 4 heteroatoms. The average Bonchev–Trinajstić information content (AvgIpc) is 2.12. The maximum absolute atomic E-state index is 11.9. The zero-order valence-corrected chi connectivity index (χ0v) is 12.4. The fourth-order valence-electron chi connectivity index (χ4n) is 2.85. The highest BCUT2D eigenvalue weighted by Gasteiger charge is 2.40. The lowest BCUT2D eigenvalue weighted by Gasteiger charge is -2.44. The predicted octanol–water partition coefficient (Wildman–Crippen LogP) is 2.81. The smallest absolute Gasteiger partial charge is 0.408 e. The van der Waals surface area contributed by atoms with Gasteiger partial charge < -0.3 is 15.8 Å². The Bertz CT molecular complexity index is 307. The van der Waals surface area contributed by atoms with Crippen molar-refractivity contribution in [2.45, 2.75) is 71.4 Å². The van der Waals surface area contributed by atoms with E-state index in [0.717, 1.165) is 19.3 Å². The van der Waals surface area contributed by atoms with Crippen molar-refractivity contribution in [1.29, 1.82) is 0 Å². The molecule has 0 aromatic carbocycles. The lowest BCUT2D eigenvalue weighted by atomic mass is 9.68. The molecule has 1 aliphatic rings. The first-order chi connectivity index (χ1) is 8.08. The summed E-state index contributed by atoms with van der Waals surface area (Å²) in [6.07, 6.45) is 3.78. The third-order valence-corrected chi connectivity index (χ3v) is 3.48. The number of rotatable bonds is 2. The van der Waals surface area contributed by atoms with E-state index in [-0.39, 0.29) is 17.0 Å². The molecule has 0 saturated heterocycles. The van der Waals surface area contributed by atoms with Crippen LogP contribution >= 0.6 is 0 Å². The number of ether oxygens (including phenoxy) is 1. The second-order valence-corrected chi connectivity index (χ2v) is 7.31. The van der Waals surface area contributed by atoms with Gasteiger partial charge in [-0.1, -0.05) is 20.3 Å². The molecule has 0 heterocycles. The Labute approximate surface area is 111 Å². The van der Waals surface area contributed by atoms with Gasteiger partial charge in [-0.3, -0.25) is 0 Å². The van der Waals surface area contributed by atoms with Gasteiger partial charge in [0.05, 0.1) is 5.54 Å². The van der Waals surface area contributed by atoms with Gasteiger partial charge in [0.25, 0.3) is 0 Å². The highest BCUT2D eigenvalue weighted by atomic mass is 16.6. The topological polar surface area (TPSA) is 64.3 Å². The van der Waals surface area contributed by atoms with Crippen molar-refractivity contribution in [3.8, 4) is 0 Å². The maximum atomic E-state index is 11.9. The van der Waals surface area contributed by atoms with E-state index in [1.807, 2.05) is 20.8 Å². The van der Waals surface area contributed by atoms with E-state index in [1.165, 1.54) is 6.42 Å². The second-order valence-electron chi connectivity index (χ2n) is 7.31. The SMILES string of the molecule is CC1(C)CCCC(CN)(NC(=O)OC(C)(C)C)C1. The molecule has 0 aliphatic heterocycles. The van der Waals surface area contributed by atoms with Crippen molar-refractivity contribution in [2.24, 2.45) is 11.1 Å². The van der Waals surface area contributed by atoms with Gasteiger partial charge in [0.1, 0.15) is 5.60 Å². The molecule has 1 atom stereocenters. The van der Waals surface area contributed by atoms with Crippen molar-refractivity contribution in [3.63, 3.8) is 0 Å². The van der Waals surface area contributed by atoms with Crippen molar-refractivity contribution in [3.05, 3.63) is 0 Å². The zero-order valence-electron chi connectivity index (χ0n) is 12.4. The van der Waals surface area contributed by atoms with Crippen LogP contribution in [0, 0.1) is 5.41 Å². The van der Waals surface area contributed by atoms with Crippen LogP contribution in [0.15, 0.2) is 0 Å². The Hall–Kier alpha value is -0.770. The first-order valence-electron chi connectivity index (χ1n) is 6.79. The third-order valence-electron chi connectivity index (χ3n) is 3.48. The molecule has 1 unspecified atom stereocenters. The van der Waals surface area contributed by atoms with E-state index in [2.05, 4.69) is 19.2 Å². The number of alkyl carbamates (subject to hydrolysis) is 1. The number of carbonyl (C=O) groups excluding carboxylic acids is 1. The Balaban J connectivity index is 2.68. The van der Waals surface area contributed by atoms with Crippen LogP contribution in [0.2, 0.25) is 0 Å². The minimum atomic E-state index is -0.468. The summed E-state index contributed by atoms with van der Waals surface area (Å²) in [5, 5.41) is 3.01. The summed E-state index contributed by atoms with van der Waals surface area (Å²) in [5.41, 5.74) is 5.36. The van der Waals surface area contributed by atoms with Crippen LogP contribution in [0.3, 0.4) is 0 Å². The van der Waals surface area contributed by atoms with Crippen LogP contribution in [-0.2, 0) is 4.74 Å². The maximum Gasteiger partial charge on any atom is 0.408 e. The molecule has 18 heavy (non-hydrogen) atoms. The van der Waals surface area contributed by atoms with Gasteiger partial charge in [0.2, 0.25) is 0 Å². The van der Waals surface area contributed by atoms with Crippen LogP contribution < -0.4 is 11.1 Å². The molecule has 0 aromatic rings. The van der Waals surface area contributed by atoms with Gasteiger partial charge in [0, 0.05) is 6.54 Å². The first-order valence-corrected chi connectivity index (χ1v) is 6.79. The molecule has 1 aliphatic carbocycles. The summed E-state index contributed by atoms with van der Waals surface area (Å²) in [5.74, 6) is 0. The van der Waals surface area contributed by atoms with Crippen LogP contribution in [0.25, 0.3) is 0 Å². The molecule has 1 saturated carbocycles. The van der Waals surface area contributed by atoms with Gasteiger partial charge in [0.15, 0.2) is 0 Å². The number of hydrogen-bond acceptors (Lipinski definition) is 3. The molecular formula is C14H28N2O2. The summed E-state index contributed by atoms with van der Waals surface area (Å²) in [7, 11) is 0. The van der Waals surface area contributed by atoms with E-state index in [0.29, 0.717) is 6.54 Å². The van der Waals surface area contributed by atoms with Gasteiger partial charge in [-0.05, 0) is 45.4 Å². The molecule has 0 aromatic heterocycles. The summed E-state index contributed by atoms with van der Waals surface area (Å²) in [6, 6.07) is 0. The van der Waals surface area contributed by atoms with Gasteiger partial charge in [-0.25, -0.2) is 4.79 Å². The molecule has 0 bridgehead atoms. The summed E-state index contributed by atoms with van der Waals surface area (Å²) in [4.78, 5) is 11.9. The predicted molar refractivity (Wildman–Crippen MR) is 73.4 cm³/mol. The monoisotopic (exact) mass is 256 g/mol. The minimum Gasteiger partial charge on any atom is -0.444 e. The molecule has 106 valence electrons. The summed E-state index contributed by atoms with van der Waals surface area (Å²) >= 11 is 0. The fraction of sp³-hybridized carbons (Fsp3) is 0.929. The van der Waals surface area contributed by atoms with Crippen LogP contribution in [0.1, 0.15) is 60.3 Å². The molecule has 1 rings (SSSR count). The molecule has 4 nitrogen and oxygen atoms in total. The fourth-order valence-corrected chi connectivity index (χ4v) is 2.85. The molecular weight excluding hydrogens is 228 g/mol. The quantitative estimate of drug-likeness (QED) is 0.798. The largest absolute Gasteiger partial charge is 0.444 e. The first kappa shape index (κ1) is 15.3. The van der Waals surface area contributed by atoms with E-state index >= 15 is 0 Å². The second kappa shape index (κ2) is 5.08. The standard InChI is InChI=1S/C14H28N2O2/c1-12(2,3)18-11(17)16-14(10-15)8-6-7-13(4,5)9-14/h6-10,15H2,1-5H3,(H,16,17). The zero-order chi connectivity index (χ0) is 14.0. The number of nitrogens with two attached hydrogens (primary N) is 1. The van der Waals surface area contributed by atoms with Gasteiger partial charge in [-0.2, -0.15) is 0 Å². The Kier molecular flexibility index (Phi) is 4.31. The van der Waals surface area contributed by atoms with Crippen LogP contribution in [0.4, 0.5) is 4.79 Å². The highest BCUT2D eigenvalue weighted by molar-refractivity contribution is 5.68. The van der Waals surface area contributed by atoms with Crippen molar-refractivity contribution < 1.29 is 9.53 Å². The summed E-state index contributed by atoms with van der Waals surface area (Å²) in [6.45, 7) is 10.5. The lowest BCUT2D eigenvalue weighted by molar-refractivity contribution is 0.0365. The number of nitrogens with one attached hydrogen (secondary N) is 1. The molecule has 0 radical (unpaired) electrons. The lowest BCUT2D eigenvalue weighted by Crippen LogP contribution is -2.58. The molecule has 3 N–H and O–H groups in total. The molecule has 1 fully saturated rings. The molecule has 1 amide bonds. The van der Waals surface area contributed by atoms with E-state index in [4.69, 9.17) is 10.5 Å². The minimum absolute atomic E-state index is 0.229. The highest BCUT2D eigenvalue weighted by Crippen LogP contribution is 2.40. The normalized spacial score (nSPS) is 27.7. The average molecular weight is 256 g/mol. The summed E-state index contributed by atoms with van der Waals surface area (Å²) < 4.78 is 5.33. The Morgan fingerprint density at radius 1 is 1.33 bits per heavy atom. The van der Waals surface area contributed by atoms with Crippen LogP contribution in [0.5, 0.6) is 0 Å². The van der Waals surface area contributed by atoms with Gasteiger partial charge in [-0.15, -0.1) is 0 Å². The number of amides is 1. The Morgan fingerprint density at radius 2 is 1.94 bits per heavy atom. The number of carbonyl (C=O) groups is 1. The van der Waals surface area contributed by atoms with Crippen molar-refractivity contribution in [2.75, 3.05) is 6.54 Å².